The van der Waals surface area contributed by atoms with Gasteiger partial charge >= 0.3 is 0 Å². The molecule has 1 atom stereocenters. The fourth-order valence-electron chi connectivity index (χ4n) is 2.06. The molecule has 5 nitrogen and oxygen atoms in total. The highest BCUT2D eigenvalue weighted by molar-refractivity contribution is 7.89. The molecule has 100 valence electrons. The topological polar surface area (TPSA) is 81.4 Å². The second kappa shape index (κ2) is 5.69. The van der Waals surface area contributed by atoms with E-state index in [1.165, 1.54) is 18.9 Å². The normalized spacial score (nSPS) is 20.6. The van der Waals surface area contributed by atoms with Crippen molar-refractivity contribution >= 4 is 10.0 Å². The fraction of sp³-hybridized carbons (Fsp3) is 0.500. The average Bonchev–Trinajstić information content (AvgIpc) is 2.37. The lowest BCUT2D eigenvalue weighted by Gasteiger charge is -2.23. The molecule has 3 N–H and O–H groups in total. The molecule has 18 heavy (non-hydrogen) atoms. The van der Waals surface area contributed by atoms with Crippen LogP contribution in [0.25, 0.3) is 0 Å². The van der Waals surface area contributed by atoms with E-state index in [1.54, 1.807) is 18.2 Å². The minimum Gasteiger partial charge on any atom is -0.491 e. The zero-order valence-corrected chi connectivity index (χ0v) is 10.9. The maximum absolute atomic E-state index is 11.4. The van der Waals surface area contributed by atoms with Crippen molar-refractivity contribution in [3.8, 4) is 5.75 Å². The number of benzene rings is 1. The second-order valence-electron chi connectivity index (χ2n) is 4.45. The Morgan fingerprint density at radius 2 is 2.11 bits per heavy atom. The van der Waals surface area contributed by atoms with Crippen molar-refractivity contribution in [2.24, 2.45) is 5.14 Å². The van der Waals surface area contributed by atoms with Crippen molar-refractivity contribution in [3.05, 3.63) is 24.3 Å². The van der Waals surface area contributed by atoms with E-state index in [0.717, 1.165) is 13.0 Å². The number of ether oxygens (including phenoxy) is 1. The van der Waals surface area contributed by atoms with E-state index in [4.69, 9.17) is 9.88 Å². The summed E-state index contributed by atoms with van der Waals surface area (Å²) in [5, 5.41) is 8.48. The quantitative estimate of drug-likeness (QED) is 0.850. The Bertz CT molecular complexity index is 496. The highest BCUT2D eigenvalue weighted by Crippen LogP contribution is 2.22. The van der Waals surface area contributed by atoms with Crippen molar-refractivity contribution in [1.82, 2.24) is 5.32 Å². The van der Waals surface area contributed by atoms with E-state index in [2.05, 4.69) is 5.32 Å². The van der Waals surface area contributed by atoms with Gasteiger partial charge in [-0.3, -0.25) is 0 Å². The van der Waals surface area contributed by atoms with E-state index < -0.39 is 10.0 Å². The van der Waals surface area contributed by atoms with Gasteiger partial charge in [0.05, 0.1) is 0 Å². The summed E-state index contributed by atoms with van der Waals surface area (Å²) in [7, 11) is -3.73. The summed E-state index contributed by atoms with van der Waals surface area (Å²) in [6, 6.07) is 6.73. The van der Waals surface area contributed by atoms with Crippen LogP contribution in [0.3, 0.4) is 0 Å². The molecule has 0 saturated carbocycles. The molecule has 0 aromatic heterocycles. The van der Waals surface area contributed by atoms with Gasteiger partial charge in [0.2, 0.25) is 10.0 Å². The molecule has 1 heterocycles. The van der Waals surface area contributed by atoms with Gasteiger partial charge in [-0.05, 0) is 31.5 Å². The predicted octanol–water partition coefficient (Wildman–Crippen LogP) is 0.855. The van der Waals surface area contributed by atoms with Crippen molar-refractivity contribution in [1.29, 1.82) is 0 Å². The smallest absolute Gasteiger partial charge is 0.241 e. The highest BCUT2D eigenvalue weighted by Gasteiger charge is 2.17. The van der Waals surface area contributed by atoms with Crippen molar-refractivity contribution in [3.63, 3.8) is 0 Å². The number of primary sulfonamides is 1. The molecule has 1 saturated heterocycles. The molecule has 6 heteroatoms. The highest BCUT2D eigenvalue weighted by atomic mass is 32.2. The molecule has 0 aliphatic carbocycles. The van der Waals surface area contributed by atoms with E-state index >= 15 is 0 Å². The van der Waals surface area contributed by atoms with Gasteiger partial charge in [-0.15, -0.1) is 0 Å². The Balaban J connectivity index is 2.05. The third kappa shape index (κ3) is 3.44. The summed E-state index contributed by atoms with van der Waals surface area (Å²) in [4.78, 5) is 0.0424. The van der Waals surface area contributed by atoms with Crippen LogP contribution >= 0.6 is 0 Å². The largest absolute Gasteiger partial charge is 0.491 e. The fourth-order valence-corrected chi connectivity index (χ4v) is 2.74. The zero-order valence-electron chi connectivity index (χ0n) is 10.1. The maximum Gasteiger partial charge on any atom is 0.241 e. The first-order chi connectivity index (χ1) is 8.57. The first-order valence-corrected chi connectivity index (χ1v) is 7.60. The van der Waals surface area contributed by atoms with E-state index in [9.17, 15) is 8.42 Å². The summed E-state index contributed by atoms with van der Waals surface area (Å²) in [6.07, 6.45) is 3.42. The minimum atomic E-state index is -3.73. The van der Waals surface area contributed by atoms with Gasteiger partial charge in [-0.1, -0.05) is 18.6 Å². The van der Waals surface area contributed by atoms with Crippen molar-refractivity contribution in [2.45, 2.75) is 30.2 Å². The van der Waals surface area contributed by atoms with Crippen LogP contribution in [0.2, 0.25) is 0 Å². The van der Waals surface area contributed by atoms with Crippen LogP contribution in [0, 0.1) is 0 Å². The minimum absolute atomic E-state index is 0.0424. The number of rotatable bonds is 4. The molecule has 1 unspecified atom stereocenters. The Morgan fingerprint density at radius 3 is 2.78 bits per heavy atom. The Morgan fingerprint density at radius 1 is 1.33 bits per heavy atom. The van der Waals surface area contributed by atoms with Crippen LogP contribution in [0.1, 0.15) is 19.3 Å². The standard InChI is InChI=1S/C12H18N2O3S/c13-18(15,16)12-7-2-1-6-11(12)17-9-10-5-3-4-8-14-10/h1-2,6-7,10,14H,3-5,8-9H2,(H2,13,15,16). The lowest BCUT2D eigenvalue weighted by Crippen LogP contribution is -2.38. The number of sulfonamides is 1. The van der Waals surface area contributed by atoms with Gasteiger partial charge in [0.25, 0.3) is 0 Å². The van der Waals surface area contributed by atoms with Crippen LogP contribution in [0.5, 0.6) is 5.75 Å². The molecular formula is C12H18N2O3S. The first-order valence-electron chi connectivity index (χ1n) is 6.05. The molecule has 0 bridgehead atoms. The van der Waals surface area contributed by atoms with Crippen LogP contribution in [0.15, 0.2) is 29.2 Å². The molecule has 0 amide bonds. The molecule has 2 rings (SSSR count). The summed E-state index contributed by atoms with van der Waals surface area (Å²) >= 11 is 0. The molecular weight excluding hydrogens is 252 g/mol. The molecule has 1 fully saturated rings. The van der Waals surface area contributed by atoms with Gasteiger partial charge in [0.1, 0.15) is 17.3 Å². The number of nitrogens with two attached hydrogens (primary N) is 1. The molecule has 0 spiro atoms. The van der Waals surface area contributed by atoms with E-state index in [0.29, 0.717) is 12.4 Å². The summed E-state index contributed by atoms with van der Waals surface area (Å²) in [5.41, 5.74) is 0. The SMILES string of the molecule is NS(=O)(=O)c1ccccc1OCC1CCCCN1. The Labute approximate surface area is 107 Å². The van der Waals surface area contributed by atoms with Crippen LogP contribution in [-0.4, -0.2) is 27.6 Å². The summed E-state index contributed by atoms with van der Waals surface area (Å²) < 4.78 is 28.4. The van der Waals surface area contributed by atoms with Gasteiger partial charge in [0, 0.05) is 6.04 Å². The average molecular weight is 270 g/mol. The zero-order chi connectivity index (χ0) is 13.0. The van der Waals surface area contributed by atoms with E-state index in [1.807, 2.05) is 0 Å². The van der Waals surface area contributed by atoms with Crippen molar-refractivity contribution < 1.29 is 13.2 Å². The van der Waals surface area contributed by atoms with Crippen LogP contribution < -0.4 is 15.2 Å². The monoisotopic (exact) mass is 270 g/mol. The van der Waals surface area contributed by atoms with Gasteiger partial charge in [0.15, 0.2) is 0 Å². The summed E-state index contributed by atoms with van der Waals surface area (Å²) in [5.74, 6) is 0.326. The molecule has 1 aromatic carbocycles. The molecule has 0 radical (unpaired) electrons. The number of hydrogen-bond donors (Lipinski definition) is 2. The van der Waals surface area contributed by atoms with Gasteiger partial charge in [-0.25, -0.2) is 13.6 Å². The maximum atomic E-state index is 11.4. The number of piperidine rings is 1. The van der Waals surface area contributed by atoms with E-state index in [-0.39, 0.29) is 10.9 Å². The predicted molar refractivity (Wildman–Crippen MR) is 69.0 cm³/mol. The lowest BCUT2D eigenvalue weighted by atomic mass is 10.1. The lowest BCUT2D eigenvalue weighted by molar-refractivity contribution is 0.234. The number of hydrogen-bond acceptors (Lipinski definition) is 4. The third-order valence-corrected chi connectivity index (χ3v) is 3.96. The second-order valence-corrected chi connectivity index (χ2v) is 5.98. The Hall–Kier alpha value is -1.11. The van der Waals surface area contributed by atoms with Crippen LogP contribution in [0.4, 0.5) is 0 Å². The molecule has 1 aliphatic heterocycles. The van der Waals surface area contributed by atoms with Crippen LogP contribution in [-0.2, 0) is 10.0 Å². The number of para-hydroxylation sites is 1. The van der Waals surface area contributed by atoms with Crippen molar-refractivity contribution in [2.75, 3.05) is 13.2 Å². The third-order valence-electron chi connectivity index (χ3n) is 3.01. The first kappa shape index (κ1) is 13.3. The van der Waals surface area contributed by atoms with Gasteiger partial charge in [-0.2, -0.15) is 0 Å². The van der Waals surface area contributed by atoms with Gasteiger partial charge < -0.3 is 10.1 Å². The Kier molecular flexibility index (Phi) is 4.21. The number of nitrogens with one attached hydrogen (secondary N) is 1. The summed E-state index contributed by atoms with van der Waals surface area (Å²) in [6.45, 7) is 1.46. The molecule has 1 aliphatic rings. The molecule has 1 aromatic rings.